The number of allylic oxidation sites excluding steroid dienone is 20. The molecule has 6 heteroatoms. The summed E-state index contributed by atoms with van der Waals surface area (Å²) in [5.74, 6) is -0.937. The summed E-state index contributed by atoms with van der Waals surface area (Å²) in [7, 11) is 0. The monoisotopic (exact) mass is 983 g/mol. The van der Waals surface area contributed by atoms with Crippen molar-refractivity contribution < 1.29 is 28.6 Å². The molecule has 0 saturated carbocycles. The standard InChI is InChI=1S/C65H106O6/c1-4-7-10-13-16-19-22-25-28-30-32-34-37-40-43-46-49-52-55-58-64(67)70-61-62(60-69-63(66)57-54-51-48-45-42-39-36-27-24-21-18-15-12-9-6-3)71-65(68)59-56-53-50-47-44-41-38-35-33-31-29-26-23-20-17-14-11-8-5-2/h7,9-10,12,15-21,23-28,32,34,36,62H,4-6,8,11,13-14,22,29-31,33,35,37-61H2,1-3H3/b10-7-,12-9-,18-15-,19-16-,20-17-,24-21-,26-23-,28-25-,34-32-,36-27-. The highest BCUT2D eigenvalue weighted by Crippen LogP contribution is 2.15. The van der Waals surface area contributed by atoms with E-state index in [4.69, 9.17) is 14.2 Å². The van der Waals surface area contributed by atoms with Crippen LogP contribution in [0.4, 0.5) is 0 Å². The molecule has 0 bridgehead atoms. The van der Waals surface area contributed by atoms with Crippen molar-refractivity contribution in [3.8, 4) is 0 Å². The second-order valence-electron chi connectivity index (χ2n) is 18.9. The van der Waals surface area contributed by atoms with Crippen LogP contribution in [-0.2, 0) is 28.6 Å². The third-order valence-corrected chi connectivity index (χ3v) is 12.1. The molecule has 0 rings (SSSR count). The smallest absolute Gasteiger partial charge is 0.306 e. The minimum atomic E-state index is -0.800. The van der Waals surface area contributed by atoms with Gasteiger partial charge in [-0.3, -0.25) is 14.4 Å². The molecule has 6 nitrogen and oxygen atoms in total. The minimum Gasteiger partial charge on any atom is -0.462 e. The molecule has 1 atom stereocenters. The van der Waals surface area contributed by atoms with Crippen LogP contribution in [0.15, 0.2) is 122 Å². The van der Waals surface area contributed by atoms with Gasteiger partial charge < -0.3 is 14.2 Å². The largest absolute Gasteiger partial charge is 0.462 e. The Morgan fingerprint density at radius 3 is 1.04 bits per heavy atom. The lowest BCUT2D eigenvalue weighted by Gasteiger charge is -2.18. The lowest BCUT2D eigenvalue weighted by atomic mass is 10.1. The number of ether oxygens (including phenoxy) is 3. The average molecular weight is 984 g/mol. The molecule has 0 aromatic carbocycles. The molecule has 0 aromatic rings. The Kier molecular flexibility index (Phi) is 54.9. The summed E-state index contributed by atoms with van der Waals surface area (Å²) in [5.41, 5.74) is 0. The Bertz CT molecular complexity index is 1500. The first-order valence-corrected chi connectivity index (χ1v) is 29.1. The van der Waals surface area contributed by atoms with Crippen molar-refractivity contribution in [1.82, 2.24) is 0 Å². The first-order chi connectivity index (χ1) is 35.0. The van der Waals surface area contributed by atoms with E-state index >= 15 is 0 Å². The number of unbranched alkanes of at least 4 members (excludes halogenated alkanes) is 24. The first kappa shape index (κ1) is 66.8. The summed E-state index contributed by atoms with van der Waals surface area (Å²) >= 11 is 0. The van der Waals surface area contributed by atoms with Crippen LogP contribution in [0, 0.1) is 0 Å². The van der Waals surface area contributed by atoms with E-state index in [1.807, 2.05) is 18.2 Å². The van der Waals surface area contributed by atoms with Gasteiger partial charge in [0.05, 0.1) is 0 Å². The predicted molar refractivity (Wildman–Crippen MR) is 306 cm³/mol. The molecule has 1 unspecified atom stereocenters. The second-order valence-corrected chi connectivity index (χ2v) is 18.9. The Labute approximate surface area is 437 Å². The molecular formula is C65H106O6. The van der Waals surface area contributed by atoms with Crippen molar-refractivity contribution in [2.24, 2.45) is 0 Å². The Morgan fingerprint density at radius 1 is 0.310 bits per heavy atom. The van der Waals surface area contributed by atoms with Crippen molar-refractivity contribution >= 4 is 17.9 Å². The quantitative estimate of drug-likeness (QED) is 0.0199. The summed E-state index contributed by atoms with van der Waals surface area (Å²) in [5, 5.41) is 0. The fourth-order valence-electron chi connectivity index (χ4n) is 7.73. The molecule has 0 amide bonds. The molecule has 0 N–H and O–H groups in total. The molecule has 0 heterocycles. The van der Waals surface area contributed by atoms with Gasteiger partial charge in [0, 0.05) is 19.3 Å². The van der Waals surface area contributed by atoms with Gasteiger partial charge in [0.1, 0.15) is 13.2 Å². The van der Waals surface area contributed by atoms with Crippen LogP contribution in [-0.4, -0.2) is 37.2 Å². The number of rotatable bonds is 51. The van der Waals surface area contributed by atoms with E-state index < -0.39 is 6.10 Å². The SMILES string of the molecule is CC\C=C/C=C\C=C/C=C\CCCCCCCC(=O)OCC(COC(=O)CCCCCCCC/C=C\C/C=C\C/C=C\C/C=C\CC)OC(=O)CCCCCCCCCCCC/C=C\C=C/CCCCC. The van der Waals surface area contributed by atoms with E-state index in [0.29, 0.717) is 19.3 Å². The van der Waals surface area contributed by atoms with Gasteiger partial charge in [0.15, 0.2) is 6.10 Å². The zero-order valence-electron chi connectivity index (χ0n) is 45.9. The maximum absolute atomic E-state index is 12.9. The van der Waals surface area contributed by atoms with Crippen LogP contribution < -0.4 is 0 Å². The summed E-state index contributed by atoms with van der Waals surface area (Å²) < 4.78 is 16.9. The zero-order valence-corrected chi connectivity index (χ0v) is 45.9. The van der Waals surface area contributed by atoms with Crippen molar-refractivity contribution in [2.75, 3.05) is 13.2 Å². The van der Waals surface area contributed by atoms with E-state index in [-0.39, 0.29) is 31.1 Å². The number of hydrogen-bond donors (Lipinski definition) is 0. The molecule has 0 aromatic heterocycles. The van der Waals surface area contributed by atoms with E-state index in [1.165, 1.54) is 89.9 Å². The summed E-state index contributed by atoms with van der Waals surface area (Å²) in [6.45, 7) is 6.33. The van der Waals surface area contributed by atoms with Gasteiger partial charge >= 0.3 is 17.9 Å². The molecule has 0 saturated heterocycles. The van der Waals surface area contributed by atoms with Crippen LogP contribution in [0.25, 0.3) is 0 Å². The van der Waals surface area contributed by atoms with E-state index in [9.17, 15) is 14.4 Å². The van der Waals surface area contributed by atoms with Gasteiger partial charge in [0.25, 0.3) is 0 Å². The Morgan fingerprint density at radius 2 is 0.620 bits per heavy atom. The van der Waals surface area contributed by atoms with Crippen LogP contribution in [0.5, 0.6) is 0 Å². The fraction of sp³-hybridized carbons (Fsp3) is 0.646. The van der Waals surface area contributed by atoms with E-state index in [2.05, 4.69) is 124 Å². The third-order valence-electron chi connectivity index (χ3n) is 12.1. The molecular weight excluding hydrogens is 877 g/mol. The van der Waals surface area contributed by atoms with Gasteiger partial charge in [-0.2, -0.15) is 0 Å². The number of carbonyl (C=O) groups excluding carboxylic acids is 3. The lowest BCUT2D eigenvalue weighted by Crippen LogP contribution is -2.30. The molecule has 71 heavy (non-hydrogen) atoms. The topological polar surface area (TPSA) is 78.9 Å². The molecule has 0 aliphatic carbocycles. The summed E-state index contributed by atoms with van der Waals surface area (Å²) in [6, 6.07) is 0. The van der Waals surface area contributed by atoms with E-state index in [0.717, 1.165) is 122 Å². The van der Waals surface area contributed by atoms with Gasteiger partial charge in [0.2, 0.25) is 0 Å². The van der Waals surface area contributed by atoms with Gasteiger partial charge in [-0.1, -0.05) is 251 Å². The van der Waals surface area contributed by atoms with Crippen molar-refractivity contribution in [3.63, 3.8) is 0 Å². The third kappa shape index (κ3) is 56.6. The fourth-order valence-corrected chi connectivity index (χ4v) is 7.73. The first-order valence-electron chi connectivity index (χ1n) is 29.1. The molecule has 0 fully saturated rings. The molecule has 402 valence electrons. The maximum atomic E-state index is 12.9. The van der Waals surface area contributed by atoms with Crippen LogP contribution in [0.2, 0.25) is 0 Å². The predicted octanol–water partition coefficient (Wildman–Crippen LogP) is 19.6. The second kappa shape index (κ2) is 58.4. The van der Waals surface area contributed by atoms with Gasteiger partial charge in [-0.15, -0.1) is 0 Å². The minimum absolute atomic E-state index is 0.0976. The highest BCUT2D eigenvalue weighted by Gasteiger charge is 2.19. The number of carbonyl (C=O) groups is 3. The molecule has 0 aliphatic heterocycles. The van der Waals surface area contributed by atoms with Crippen LogP contribution in [0.1, 0.15) is 252 Å². The zero-order chi connectivity index (χ0) is 51.4. The summed E-state index contributed by atoms with van der Waals surface area (Å²) in [4.78, 5) is 38.2. The number of hydrogen-bond acceptors (Lipinski definition) is 6. The Balaban J connectivity index is 4.46. The molecule has 0 aliphatic rings. The number of esters is 3. The molecule has 0 radical (unpaired) electrons. The van der Waals surface area contributed by atoms with Gasteiger partial charge in [-0.25, -0.2) is 0 Å². The lowest BCUT2D eigenvalue weighted by molar-refractivity contribution is -0.167. The highest BCUT2D eigenvalue weighted by atomic mass is 16.6. The average Bonchev–Trinajstić information content (AvgIpc) is 3.37. The Hall–Kier alpha value is -4.19. The van der Waals surface area contributed by atoms with Crippen molar-refractivity contribution in [1.29, 1.82) is 0 Å². The normalized spacial score (nSPS) is 13.0. The van der Waals surface area contributed by atoms with E-state index in [1.54, 1.807) is 0 Å². The van der Waals surface area contributed by atoms with Crippen molar-refractivity contribution in [2.45, 2.75) is 258 Å². The maximum Gasteiger partial charge on any atom is 0.306 e. The van der Waals surface area contributed by atoms with Crippen molar-refractivity contribution in [3.05, 3.63) is 122 Å². The van der Waals surface area contributed by atoms with Gasteiger partial charge in [-0.05, 0) is 103 Å². The summed E-state index contributed by atoms with van der Waals surface area (Å²) in [6.07, 6.45) is 80.4. The highest BCUT2D eigenvalue weighted by molar-refractivity contribution is 5.71. The molecule has 0 spiro atoms. The van der Waals surface area contributed by atoms with Crippen LogP contribution in [0.3, 0.4) is 0 Å². The van der Waals surface area contributed by atoms with Crippen LogP contribution >= 0.6 is 0 Å².